The van der Waals surface area contributed by atoms with Crippen LogP contribution in [0.5, 0.6) is 0 Å². The van der Waals surface area contributed by atoms with Gasteiger partial charge in [0, 0.05) is 0 Å². The van der Waals surface area contributed by atoms with Crippen LogP contribution in [-0.2, 0) is 4.79 Å². The number of Topliss-reactive ketones (excluding diaryl/α,β-unsaturated/α-hetero) is 1. The summed E-state index contributed by atoms with van der Waals surface area (Å²) >= 11 is 4.54. The molecule has 1 aliphatic rings. The zero-order valence-electron chi connectivity index (χ0n) is 5.65. The normalized spacial score (nSPS) is 35.6. The third-order valence-corrected chi connectivity index (χ3v) is 4.26. The highest BCUT2D eigenvalue weighted by molar-refractivity contribution is 14.1. The maximum atomic E-state index is 11.3. The molecule has 10 heavy (non-hydrogen) atoms. The molecule has 0 spiro atoms. The average molecular weight is 364 g/mol. The number of carbonyl (C=O) groups excluding carboxylic acids is 1. The Bertz CT molecular complexity index is 122. The number of halogens is 2. The van der Waals surface area contributed by atoms with Crippen molar-refractivity contribution in [2.24, 2.45) is 0 Å². The van der Waals surface area contributed by atoms with E-state index in [0.717, 1.165) is 12.8 Å². The second kappa shape index (κ2) is 4.23. The van der Waals surface area contributed by atoms with Crippen molar-refractivity contribution in [3.05, 3.63) is 0 Å². The standard InChI is InChI=1S/C7H10I2O/c8-5-3-1-2-4-6(9)7(5)10/h5-6H,1-4H2/t5-,6-/m1/s1. The Morgan fingerprint density at radius 3 is 1.90 bits per heavy atom. The van der Waals surface area contributed by atoms with Gasteiger partial charge in [-0.15, -0.1) is 0 Å². The Morgan fingerprint density at radius 2 is 1.50 bits per heavy atom. The molecule has 0 aromatic rings. The summed E-state index contributed by atoms with van der Waals surface area (Å²) in [4.78, 5) is 11.3. The van der Waals surface area contributed by atoms with E-state index < -0.39 is 0 Å². The molecule has 1 aliphatic carbocycles. The number of carbonyl (C=O) groups is 1. The zero-order chi connectivity index (χ0) is 7.56. The van der Waals surface area contributed by atoms with E-state index in [9.17, 15) is 4.79 Å². The molecule has 3 heteroatoms. The van der Waals surface area contributed by atoms with Crippen LogP contribution in [0.2, 0.25) is 0 Å². The smallest absolute Gasteiger partial charge is 0.158 e. The highest BCUT2D eigenvalue weighted by Crippen LogP contribution is 2.25. The van der Waals surface area contributed by atoms with E-state index in [1.54, 1.807) is 0 Å². The molecule has 0 heterocycles. The van der Waals surface area contributed by atoms with E-state index in [-0.39, 0.29) is 0 Å². The first-order valence-electron chi connectivity index (χ1n) is 3.53. The summed E-state index contributed by atoms with van der Waals surface area (Å²) in [6, 6.07) is 0. The molecule has 0 aliphatic heterocycles. The molecule has 1 fully saturated rings. The van der Waals surface area contributed by atoms with E-state index in [1.807, 2.05) is 0 Å². The topological polar surface area (TPSA) is 17.1 Å². The zero-order valence-corrected chi connectivity index (χ0v) is 9.96. The van der Waals surface area contributed by atoms with Crippen molar-refractivity contribution >= 4 is 51.0 Å². The Balaban J connectivity index is 2.55. The second-order valence-corrected chi connectivity index (χ2v) is 5.63. The number of alkyl halides is 2. The second-order valence-electron chi connectivity index (χ2n) is 2.62. The Kier molecular flexibility index (Phi) is 3.90. The summed E-state index contributed by atoms with van der Waals surface area (Å²) in [6.45, 7) is 0. The first kappa shape index (κ1) is 9.22. The highest BCUT2D eigenvalue weighted by atomic mass is 127. The number of rotatable bonds is 0. The molecular formula is C7H10I2O. The molecule has 0 aromatic heterocycles. The lowest BCUT2D eigenvalue weighted by Crippen LogP contribution is -2.20. The van der Waals surface area contributed by atoms with Crippen LogP contribution < -0.4 is 0 Å². The van der Waals surface area contributed by atoms with Crippen molar-refractivity contribution in [3.8, 4) is 0 Å². The van der Waals surface area contributed by atoms with Gasteiger partial charge < -0.3 is 0 Å². The molecule has 1 saturated carbocycles. The minimum absolute atomic E-state index is 0.294. The first-order valence-corrected chi connectivity index (χ1v) is 6.03. The quantitative estimate of drug-likeness (QED) is 0.367. The molecule has 0 N–H and O–H groups in total. The van der Waals surface area contributed by atoms with Crippen LogP contribution in [0.15, 0.2) is 0 Å². The molecule has 0 saturated heterocycles. The van der Waals surface area contributed by atoms with Crippen LogP contribution in [0.25, 0.3) is 0 Å². The summed E-state index contributed by atoms with van der Waals surface area (Å²) in [6.07, 6.45) is 4.66. The van der Waals surface area contributed by atoms with Gasteiger partial charge in [0.05, 0.1) is 7.85 Å². The lowest BCUT2D eigenvalue weighted by atomic mass is 10.2. The minimum Gasteiger partial charge on any atom is -0.297 e. The average Bonchev–Trinajstić information content (AvgIpc) is 2.04. The van der Waals surface area contributed by atoms with E-state index in [2.05, 4.69) is 45.2 Å². The molecule has 0 aromatic carbocycles. The van der Waals surface area contributed by atoms with Crippen LogP contribution in [0, 0.1) is 0 Å². The fraction of sp³-hybridized carbons (Fsp3) is 0.857. The van der Waals surface area contributed by atoms with Gasteiger partial charge >= 0.3 is 0 Å². The third kappa shape index (κ3) is 2.32. The highest BCUT2D eigenvalue weighted by Gasteiger charge is 2.24. The maximum Gasteiger partial charge on any atom is 0.158 e. The third-order valence-electron chi connectivity index (χ3n) is 1.78. The van der Waals surface area contributed by atoms with Gasteiger partial charge in [-0.1, -0.05) is 58.0 Å². The van der Waals surface area contributed by atoms with E-state index in [0.29, 0.717) is 13.6 Å². The lowest BCUT2D eigenvalue weighted by molar-refractivity contribution is -0.117. The molecule has 0 bridgehead atoms. The molecule has 0 amide bonds. The van der Waals surface area contributed by atoms with Gasteiger partial charge in [0.15, 0.2) is 5.78 Å². The molecule has 0 radical (unpaired) electrons. The van der Waals surface area contributed by atoms with E-state index in [1.165, 1.54) is 12.8 Å². The van der Waals surface area contributed by atoms with Crippen LogP contribution in [0.4, 0.5) is 0 Å². The van der Waals surface area contributed by atoms with Crippen molar-refractivity contribution in [2.45, 2.75) is 33.5 Å². The van der Waals surface area contributed by atoms with Gasteiger partial charge in [-0.2, -0.15) is 0 Å². The van der Waals surface area contributed by atoms with Crippen LogP contribution in [0.3, 0.4) is 0 Å². The number of hydrogen-bond acceptors (Lipinski definition) is 1. The minimum atomic E-state index is 0.294. The summed E-state index contributed by atoms with van der Waals surface area (Å²) in [7, 11) is 0. The fourth-order valence-electron chi connectivity index (χ4n) is 1.13. The molecule has 58 valence electrons. The van der Waals surface area contributed by atoms with Gasteiger partial charge in [0.2, 0.25) is 0 Å². The summed E-state index contributed by atoms with van der Waals surface area (Å²) < 4.78 is 0.587. The fourth-order valence-corrected chi connectivity index (χ4v) is 3.56. The number of ketones is 1. The van der Waals surface area contributed by atoms with Gasteiger partial charge in [-0.3, -0.25) is 4.79 Å². The Hall–Kier alpha value is 1.13. The van der Waals surface area contributed by atoms with E-state index >= 15 is 0 Å². The van der Waals surface area contributed by atoms with Crippen LogP contribution in [-0.4, -0.2) is 13.6 Å². The number of hydrogen-bond donors (Lipinski definition) is 0. The van der Waals surface area contributed by atoms with Crippen molar-refractivity contribution in [3.63, 3.8) is 0 Å². The molecule has 0 unspecified atom stereocenters. The predicted molar refractivity (Wildman–Crippen MR) is 59.1 cm³/mol. The van der Waals surface area contributed by atoms with Crippen LogP contribution >= 0.6 is 45.2 Å². The summed E-state index contributed by atoms with van der Waals surface area (Å²) in [5, 5.41) is 0. The van der Waals surface area contributed by atoms with Crippen molar-refractivity contribution < 1.29 is 4.79 Å². The SMILES string of the molecule is O=C1[C@H](I)CCCC[C@H]1I. The predicted octanol–water partition coefficient (Wildman–Crippen LogP) is 2.74. The first-order chi connectivity index (χ1) is 4.72. The van der Waals surface area contributed by atoms with Crippen molar-refractivity contribution in [1.82, 2.24) is 0 Å². The van der Waals surface area contributed by atoms with Gasteiger partial charge in [0.25, 0.3) is 0 Å². The Labute approximate surface area is 88.6 Å². The Morgan fingerprint density at radius 1 is 1.10 bits per heavy atom. The summed E-state index contributed by atoms with van der Waals surface area (Å²) in [5.41, 5.74) is 0. The molecule has 2 atom stereocenters. The largest absolute Gasteiger partial charge is 0.297 e. The van der Waals surface area contributed by atoms with Crippen molar-refractivity contribution in [2.75, 3.05) is 0 Å². The van der Waals surface area contributed by atoms with E-state index in [4.69, 9.17) is 0 Å². The maximum absolute atomic E-state index is 11.3. The lowest BCUT2D eigenvalue weighted by Gasteiger charge is -2.06. The summed E-state index contributed by atoms with van der Waals surface area (Å²) in [5.74, 6) is 0.457. The van der Waals surface area contributed by atoms with Crippen molar-refractivity contribution in [1.29, 1.82) is 0 Å². The monoisotopic (exact) mass is 364 g/mol. The van der Waals surface area contributed by atoms with Crippen LogP contribution in [0.1, 0.15) is 25.7 Å². The molecule has 1 rings (SSSR count). The van der Waals surface area contributed by atoms with Gasteiger partial charge in [0.1, 0.15) is 0 Å². The van der Waals surface area contributed by atoms with Gasteiger partial charge in [-0.05, 0) is 12.8 Å². The molecule has 1 nitrogen and oxygen atoms in total. The molecular weight excluding hydrogens is 354 g/mol. The van der Waals surface area contributed by atoms with Gasteiger partial charge in [-0.25, -0.2) is 0 Å².